The van der Waals surface area contributed by atoms with E-state index in [1.807, 2.05) is 19.1 Å². The Morgan fingerprint density at radius 2 is 2.30 bits per heavy atom. The minimum atomic E-state index is -0.0190. The van der Waals surface area contributed by atoms with E-state index in [0.29, 0.717) is 6.61 Å². The highest BCUT2D eigenvalue weighted by Crippen LogP contribution is 2.16. The third-order valence-corrected chi connectivity index (χ3v) is 1.30. The van der Waals surface area contributed by atoms with Crippen LogP contribution in [0.4, 0.5) is 0 Å². The fraction of sp³-hybridized carbons (Fsp3) is 0.625. The fourth-order valence-electron chi connectivity index (χ4n) is 0.841. The van der Waals surface area contributed by atoms with E-state index in [0.717, 1.165) is 5.90 Å². The van der Waals surface area contributed by atoms with Crippen molar-refractivity contribution in [1.82, 2.24) is 0 Å². The molecule has 0 unspecified atom stereocenters. The molecule has 10 heavy (non-hydrogen) atoms. The van der Waals surface area contributed by atoms with Crippen LogP contribution in [0.25, 0.3) is 0 Å². The first kappa shape index (κ1) is 7.32. The second-order valence-corrected chi connectivity index (χ2v) is 3.05. The van der Waals surface area contributed by atoms with Crippen LogP contribution >= 0.6 is 0 Å². The second-order valence-electron chi connectivity index (χ2n) is 3.05. The first-order chi connectivity index (χ1) is 4.64. The van der Waals surface area contributed by atoms with Crippen LogP contribution in [0.15, 0.2) is 17.1 Å². The Bertz CT molecular complexity index is 180. The largest absolute Gasteiger partial charge is 0.475 e. The molecule has 1 aliphatic rings. The molecule has 0 aliphatic carbocycles. The van der Waals surface area contributed by atoms with Crippen molar-refractivity contribution in [3.63, 3.8) is 0 Å². The number of nitrogens with zero attached hydrogens (tertiary/aromatic N) is 1. The van der Waals surface area contributed by atoms with Gasteiger partial charge in [-0.2, -0.15) is 0 Å². The van der Waals surface area contributed by atoms with Crippen molar-refractivity contribution in [2.24, 2.45) is 4.99 Å². The highest BCUT2D eigenvalue weighted by Gasteiger charge is 2.24. The molecule has 1 aliphatic heterocycles. The summed E-state index contributed by atoms with van der Waals surface area (Å²) < 4.78 is 5.27. The molecule has 0 N–H and O–H groups in total. The van der Waals surface area contributed by atoms with E-state index in [1.54, 1.807) is 0 Å². The molecule has 2 nitrogen and oxygen atoms in total. The smallest absolute Gasteiger partial charge is 0.208 e. The van der Waals surface area contributed by atoms with Gasteiger partial charge >= 0.3 is 0 Å². The monoisotopic (exact) mass is 139 g/mol. The van der Waals surface area contributed by atoms with E-state index < -0.39 is 0 Å². The standard InChI is InChI=1S/C8H13NO/c1-4-5-7-9-8(2,3)6-10-7/h4-5H,6H2,1-3H3. The molecule has 0 saturated heterocycles. The summed E-state index contributed by atoms with van der Waals surface area (Å²) in [6.45, 7) is 6.77. The Morgan fingerprint density at radius 1 is 1.60 bits per heavy atom. The third-order valence-electron chi connectivity index (χ3n) is 1.30. The zero-order valence-electron chi connectivity index (χ0n) is 6.72. The van der Waals surface area contributed by atoms with E-state index in [1.165, 1.54) is 0 Å². The Morgan fingerprint density at radius 3 is 2.70 bits per heavy atom. The highest BCUT2D eigenvalue weighted by molar-refractivity contribution is 5.89. The fourth-order valence-corrected chi connectivity index (χ4v) is 0.841. The average Bonchev–Trinajstić information content (AvgIpc) is 2.12. The molecule has 2 heteroatoms. The molecular formula is C8H13NO. The van der Waals surface area contributed by atoms with Crippen LogP contribution < -0.4 is 0 Å². The second kappa shape index (κ2) is 2.45. The lowest BCUT2D eigenvalue weighted by molar-refractivity contribution is 0.280. The zero-order chi connectivity index (χ0) is 7.61. The SMILES string of the molecule is CC=CC1=NC(C)(C)CO1. The predicted octanol–water partition coefficient (Wildman–Crippen LogP) is 1.77. The molecule has 0 amide bonds. The van der Waals surface area contributed by atoms with Crippen molar-refractivity contribution >= 4 is 5.90 Å². The minimum absolute atomic E-state index is 0.0190. The number of ether oxygens (including phenoxy) is 1. The average molecular weight is 139 g/mol. The minimum Gasteiger partial charge on any atom is -0.475 e. The van der Waals surface area contributed by atoms with E-state index in [4.69, 9.17) is 4.74 Å². The van der Waals surface area contributed by atoms with Gasteiger partial charge in [0, 0.05) is 0 Å². The summed E-state index contributed by atoms with van der Waals surface area (Å²) in [5, 5.41) is 0. The number of hydrogen-bond donors (Lipinski definition) is 0. The molecule has 0 saturated carbocycles. The predicted molar refractivity (Wildman–Crippen MR) is 42.3 cm³/mol. The summed E-state index contributed by atoms with van der Waals surface area (Å²) in [5.74, 6) is 0.757. The van der Waals surface area contributed by atoms with E-state index in [9.17, 15) is 0 Å². The molecule has 1 rings (SSSR count). The summed E-state index contributed by atoms with van der Waals surface area (Å²) in [6, 6.07) is 0. The van der Waals surface area contributed by atoms with Gasteiger partial charge in [-0.15, -0.1) is 0 Å². The number of allylic oxidation sites excluding steroid dienone is 1. The van der Waals surface area contributed by atoms with Gasteiger partial charge in [-0.3, -0.25) is 0 Å². The van der Waals surface area contributed by atoms with E-state index in [-0.39, 0.29) is 5.54 Å². The molecule has 0 radical (unpaired) electrons. The Balaban J connectivity index is 2.66. The number of aliphatic imine (C=N–C) groups is 1. The maximum atomic E-state index is 5.27. The van der Waals surface area contributed by atoms with E-state index >= 15 is 0 Å². The molecular weight excluding hydrogens is 126 g/mol. The maximum absolute atomic E-state index is 5.27. The van der Waals surface area contributed by atoms with Crippen LogP contribution in [0, 0.1) is 0 Å². The molecule has 0 aromatic carbocycles. The maximum Gasteiger partial charge on any atom is 0.208 e. The van der Waals surface area contributed by atoms with Gasteiger partial charge in [0.2, 0.25) is 5.90 Å². The first-order valence-electron chi connectivity index (χ1n) is 3.49. The lowest BCUT2D eigenvalue weighted by atomic mass is 10.1. The zero-order valence-corrected chi connectivity index (χ0v) is 6.72. The van der Waals surface area contributed by atoms with Crippen molar-refractivity contribution in [1.29, 1.82) is 0 Å². The third kappa shape index (κ3) is 1.59. The topological polar surface area (TPSA) is 21.6 Å². The van der Waals surface area contributed by atoms with E-state index in [2.05, 4.69) is 18.8 Å². The Kier molecular flexibility index (Phi) is 1.79. The first-order valence-corrected chi connectivity index (χ1v) is 3.49. The van der Waals surface area contributed by atoms with Gasteiger partial charge < -0.3 is 4.74 Å². The van der Waals surface area contributed by atoms with Gasteiger partial charge in [0.1, 0.15) is 6.61 Å². The van der Waals surface area contributed by atoms with Crippen molar-refractivity contribution in [2.45, 2.75) is 26.3 Å². The molecule has 0 aromatic rings. The van der Waals surface area contributed by atoms with Crippen LogP contribution in [0.5, 0.6) is 0 Å². The Hall–Kier alpha value is -0.790. The molecule has 56 valence electrons. The quantitative estimate of drug-likeness (QED) is 0.542. The number of hydrogen-bond acceptors (Lipinski definition) is 2. The van der Waals surface area contributed by atoms with Gasteiger partial charge in [-0.05, 0) is 26.8 Å². The summed E-state index contributed by atoms with van der Waals surface area (Å²) in [7, 11) is 0. The van der Waals surface area contributed by atoms with Crippen molar-refractivity contribution in [2.75, 3.05) is 6.61 Å². The number of rotatable bonds is 1. The van der Waals surface area contributed by atoms with Gasteiger partial charge in [-0.1, -0.05) is 6.08 Å². The highest BCUT2D eigenvalue weighted by atomic mass is 16.5. The van der Waals surface area contributed by atoms with Crippen LogP contribution in [0.1, 0.15) is 20.8 Å². The summed E-state index contributed by atoms with van der Waals surface area (Å²) in [5.41, 5.74) is -0.0190. The lowest BCUT2D eigenvalue weighted by Crippen LogP contribution is -2.17. The van der Waals surface area contributed by atoms with Gasteiger partial charge in [0.05, 0.1) is 5.54 Å². The molecule has 0 aromatic heterocycles. The van der Waals surface area contributed by atoms with Gasteiger partial charge in [-0.25, -0.2) is 4.99 Å². The van der Waals surface area contributed by atoms with Gasteiger partial charge in [0.15, 0.2) is 0 Å². The Labute approximate surface area is 61.6 Å². The summed E-state index contributed by atoms with van der Waals surface area (Å²) in [4.78, 5) is 4.32. The van der Waals surface area contributed by atoms with Crippen molar-refractivity contribution in [3.8, 4) is 0 Å². The van der Waals surface area contributed by atoms with Crippen molar-refractivity contribution < 1.29 is 4.74 Å². The van der Waals surface area contributed by atoms with Crippen molar-refractivity contribution in [3.05, 3.63) is 12.2 Å². The molecule has 0 atom stereocenters. The summed E-state index contributed by atoms with van der Waals surface area (Å²) in [6.07, 6.45) is 3.81. The lowest BCUT2D eigenvalue weighted by Gasteiger charge is -2.07. The normalized spacial score (nSPS) is 22.9. The van der Waals surface area contributed by atoms with Gasteiger partial charge in [0.25, 0.3) is 0 Å². The van der Waals surface area contributed by atoms with Crippen LogP contribution in [0.3, 0.4) is 0 Å². The van der Waals surface area contributed by atoms with Crippen LogP contribution in [0.2, 0.25) is 0 Å². The molecule has 0 bridgehead atoms. The van der Waals surface area contributed by atoms with Crippen LogP contribution in [-0.4, -0.2) is 18.0 Å². The molecule has 0 spiro atoms. The van der Waals surface area contributed by atoms with Crippen LogP contribution in [-0.2, 0) is 4.74 Å². The molecule has 1 heterocycles. The molecule has 0 fully saturated rings. The summed E-state index contributed by atoms with van der Waals surface area (Å²) >= 11 is 0.